The first kappa shape index (κ1) is 29.7. The summed E-state index contributed by atoms with van der Waals surface area (Å²) in [5, 5.41) is 0. The Labute approximate surface area is 229 Å². The molecule has 0 aliphatic carbocycles. The molecule has 1 heterocycles. The van der Waals surface area contributed by atoms with Crippen molar-refractivity contribution in [3.63, 3.8) is 0 Å². The third-order valence-corrected chi connectivity index (χ3v) is 6.66. The SMILES string of the molecule is CC(C)COc1ccc(C(=O)N2CCN(CC(C)C)CCCN(C(=O)CC(C)C)c3ccccc3C2)cc1. The normalized spacial score (nSPS) is 15.5. The lowest BCUT2D eigenvalue weighted by atomic mass is 10.1. The van der Waals surface area contributed by atoms with Gasteiger partial charge in [0.05, 0.1) is 6.61 Å². The van der Waals surface area contributed by atoms with E-state index in [2.05, 4.69) is 52.5 Å². The molecule has 0 radical (unpaired) electrons. The Hall–Kier alpha value is -2.86. The van der Waals surface area contributed by atoms with Gasteiger partial charge in [-0.3, -0.25) is 9.59 Å². The topological polar surface area (TPSA) is 53.1 Å². The highest BCUT2D eigenvalue weighted by Crippen LogP contribution is 2.26. The van der Waals surface area contributed by atoms with Crippen LogP contribution in [0.25, 0.3) is 0 Å². The number of hydrogen-bond acceptors (Lipinski definition) is 4. The van der Waals surface area contributed by atoms with Gasteiger partial charge in [0.1, 0.15) is 5.75 Å². The van der Waals surface area contributed by atoms with Gasteiger partial charge in [-0.05, 0) is 66.6 Å². The van der Waals surface area contributed by atoms with Crippen molar-refractivity contribution >= 4 is 17.5 Å². The Balaban J connectivity index is 1.92. The van der Waals surface area contributed by atoms with Crippen molar-refractivity contribution in [3.8, 4) is 5.75 Å². The summed E-state index contributed by atoms with van der Waals surface area (Å²) in [4.78, 5) is 33.5. The van der Waals surface area contributed by atoms with Crippen molar-refractivity contribution in [1.29, 1.82) is 0 Å². The van der Waals surface area contributed by atoms with Crippen molar-refractivity contribution in [2.75, 3.05) is 44.2 Å². The highest BCUT2D eigenvalue weighted by Gasteiger charge is 2.24. The number of para-hydroxylation sites is 1. The van der Waals surface area contributed by atoms with E-state index < -0.39 is 0 Å². The number of ether oxygens (including phenoxy) is 1. The molecule has 2 amide bonds. The summed E-state index contributed by atoms with van der Waals surface area (Å²) >= 11 is 0. The largest absolute Gasteiger partial charge is 0.493 e. The monoisotopic (exact) mass is 521 g/mol. The molecule has 1 aliphatic heterocycles. The van der Waals surface area contributed by atoms with Crippen LogP contribution in [0, 0.1) is 17.8 Å². The Morgan fingerprint density at radius 3 is 2.18 bits per heavy atom. The highest BCUT2D eigenvalue weighted by molar-refractivity contribution is 5.95. The lowest BCUT2D eigenvalue weighted by molar-refractivity contribution is -0.119. The van der Waals surface area contributed by atoms with Crippen LogP contribution in [0.1, 0.15) is 70.3 Å². The lowest BCUT2D eigenvalue weighted by Crippen LogP contribution is -2.40. The van der Waals surface area contributed by atoms with Crippen LogP contribution in [0.4, 0.5) is 5.69 Å². The summed E-state index contributed by atoms with van der Waals surface area (Å²) < 4.78 is 5.82. The average molecular weight is 522 g/mol. The van der Waals surface area contributed by atoms with Crippen molar-refractivity contribution < 1.29 is 14.3 Å². The molecule has 38 heavy (non-hydrogen) atoms. The van der Waals surface area contributed by atoms with Crippen LogP contribution in [0.15, 0.2) is 48.5 Å². The Morgan fingerprint density at radius 2 is 1.53 bits per heavy atom. The second-order valence-electron chi connectivity index (χ2n) is 11.8. The van der Waals surface area contributed by atoms with Gasteiger partial charge in [0, 0.05) is 50.4 Å². The van der Waals surface area contributed by atoms with E-state index in [0.717, 1.165) is 43.1 Å². The summed E-state index contributed by atoms with van der Waals surface area (Å²) in [5.74, 6) is 2.18. The molecule has 208 valence electrons. The van der Waals surface area contributed by atoms with Gasteiger partial charge < -0.3 is 19.4 Å². The van der Waals surface area contributed by atoms with Crippen LogP contribution < -0.4 is 9.64 Å². The van der Waals surface area contributed by atoms with Gasteiger partial charge in [0.25, 0.3) is 5.91 Å². The Bertz CT molecular complexity index is 1030. The number of hydrogen-bond donors (Lipinski definition) is 0. The van der Waals surface area contributed by atoms with Crippen LogP contribution in [-0.2, 0) is 11.3 Å². The molecule has 2 aromatic carbocycles. The first-order chi connectivity index (χ1) is 18.1. The van der Waals surface area contributed by atoms with Gasteiger partial charge in [0.2, 0.25) is 5.91 Å². The molecular weight excluding hydrogens is 474 g/mol. The number of carbonyl (C=O) groups excluding carboxylic acids is 2. The minimum Gasteiger partial charge on any atom is -0.493 e. The van der Waals surface area contributed by atoms with Gasteiger partial charge in [-0.25, -0.2) is 0 Å². The smallest absolute Gasteiger partial charge is 0.254 e. The highest BCUT2D eigenvalue weighted by atomic mass is 16.5. The molecule has 1 aliphatic rings. The van der Waals surface area contributed by atoms with Crippen LogP contribution >= 0.6 is 0 Å². The maximum Gasteiger partial charge on any atom is 0.254 e. The predicted molar refractivity (Wildman–Crippen MR) is 156 cm³/mol. The fourth-order valence-corrected chi connectivity index (χ4v) is 4.87. The zero-order chi connectivity index (χ0) is 27.7. The molecule has 0 bridgehead atoms. The summed E-state index contributed by atoms with van der Waals surface area (Å²) in [6.45, 7) is 17.9. The number of anilines is 1. The van der Waals surface area contributed by atoms with Gasteiger partial charge >= 0.3 is 0 Å². The number of nitrogens with zero attached hydrogens (tertiary/aromatic N) is 3. The van der Waals surface area contributed by atoms with E-state index >= 15 is 0 Å². The second kappa shape index (κ2) is 14.3. The summed E-state index contributed by atoms with van der Waals surface area (Å²) in [7, 11) is 0. The van der Waals surface area contributed by atoms with E-state index in [0.29, 0.717) is 50.1 Å². The minimum atomic E-state index is -0.000913. The molecule has 2 aromatic rings. The van der Waals surface area contributed by atoms with E-state index in [9.17, 15) is 9.59 Å². The van der Waals surface area contributed by atoms with E-state index in [-0.39, 0.29) is 17.7 Å². The molecule has 0 spiro atoms. The molecule has 3 rings (SSSR count). The van der Waals surface area contributed by atoms with Crippen molar-refractivity contribution in [3.05, 3.63) is 59.7 Å². The number of rotatable bonds is 8. The Kier molecular flexibility index (Phi) is 11.2. The first-order valence-electron chi connectivity index (χ1n) is 14.3. The molecule has 0 fully saturated rings. The van der Waals surface area contributed by atoms with E-state index in [1.807, 2.05) is 52.3 Å². The van der Waals surface area contributed by atoms with Gasteiger partial charge in [-0.1, -0.05) is 59.7 Å². The molecule has 0 saturated heterocycles. The third kappa shape index (κ3) is 8.87. The molecule has 0 atom stereocenters. The number of amides is 2. The third-order valence-electron chi connectivity index (χ3n) is 6.66. The maximum absolute atomic E-state index is 13.8. The fourth-order valence-electron chi connectivity index (χ4n) is 4.87. The van der Waals surface area contributed by atoms with Gasteiger partial charge in [-0.2, -0.15) is 0 Å². The summed E-state index contributed by atoms with van der Waals surface area (Å²) in [6.07, 6.45) is 1.41. The van der Waals surface area contributed by atoms with Crippen LogP contribution in [0.2, 0.25) is 0 Å². The molecule has 0 N–H and O–H groups in total. The molecule has 6 nitrogen and oxygen atoms in total. The van der Waals surface area contributed by atoms with Crippen molar-refractivity contribution in [2.45, 2.75) is 60.9 Å². The number of fused-ring (bicyclic) bond motifs is 1. The Morgan fingerprint density at radius 1 is 0.816 bits per heavy atom. The molecule has 0 saturated carbocycles. The standard InChI is InChI=1S/C32H47N3O3/c1-24(2)20-31(36)35-17-9-16-33(21-25(3)4)18-19-34(22-28-10-7-8-11-30(28)35)32(37)27-12-14-29(15-13-27)38-23-26(5)6/h7-8,10-15,24-26H,9,16-23H2,1-6H3. The predicted octanol–water partition coefficient (Wildman–Crippen LogP) is 6.10. The molecule has 0 aromatic heterocycles. The lowest BCUT2D eigenvalue weighted by Gasteiger charge is -2.29. The van der Waals surface area contributed by atoms with E-state index in [1.54, 1.807) is 0 Å². The van der Waals surface area contributed by atoms with Crippen LogP contribution in [0.3, 0.4) is 0 Å². The average Bonchev–Trinajstić information content (AvgIpc) is 2.90. The zero-order valence-corrected chi connectivity index (χ0v) is 24.3. The van der Waals surface area contributed by atoms with E-state index in [4.69, 9.17) is 4.74 Å². The number of carbonyl (C=O) groups is 2. The van der Waals surface area contributed by atoms with Gasteiger partial charge in [0.15, 0.2) is 0 Å². The minimum absolute atomic E-state index is 0.000913. The molecule has 0 unspecified atom stereocenters. The van der Waals surface area contributed by atoms with Crippen molar-refractivity contribution in [1.82, 2.24) is 9.80 Å². The zero-order valence-electron chi connectivity index (χ0n) is 24.3. The summed E-state index contributed by atoms with van der Waals surface area (Å²) in [6, 6.07) is 15.6. The molecular formula is C32H47N3O3. The fraction of sp³-hybridized carbons (Fsp3) is 0.562. The summed E-state index contributed by atoms with van der Waals surface area (Å²) in [5.41, 5.74) is 2.58. The quantitative estimate of drug-likeness (QED) is 0.421. The first-order valence-corrected chi connectivity index (χ1v) is 14.3. The second-order valence-corrected chi connectivity index (χ2v) is 11.8. The van der Waals surface area contributed by atoms with Crippen LogP contribution in [0.5, 0.6) is 5.75 Å². The molecule has 6 heteroatoms. The van der Waals surface area contributed by atoms with E-state index in [1.165, 1.54) is 0 Å². The van der Waals surface area contributed by atoms with Crippen LogP contribution in [-0.4, -0.2) is 60.9 Å². The van der Waals surface area contributed by atoms with Crippen molar-refractivity contribution in [2.24, 2.45) is 17.8 Å². The number of benzene rings is 2. The maximum atomic E-state index is 13.8. The van der Waals surface area contributed by atoms with Gasteiger partial charge in [-0.15, -0.1) is 0 Å².